The topological polar surface area (TPSA) is 17.1 Å². The van der Waals surface area contributed by atoms with Crippen LogP contribution in [0.5, 0.6) is 0 Å². The molecular weight excluding hydrogens is 208 g/mol. The second kappa shape index (κ2) is 9.21. The normalized spacial score (nSPS) is 22.8. The fourth-order valence-electron chi connectivity index (χ4n) is 2.36. The zero-order valence-electron chi connectivity index (χ0n) is 11.2. The highest BCUT2D eigenvalue weighted by Crippen LogP contribution is 2.19. The molecular formula is C16H26O. The van der Waals surface area contributed by atoms with Gasteiger partial charge in [0.15, 0.2) is 0 Å². The largest absolute Gasteiger partial charge is 0.299 e. The highest BCUT2D eigenvalue weighted by Gasteiger charge is 2.15. The van der Waals surface area contributed by atoms with Crippen molar-refractivity contribution < 1.29 is 4.79 Å². The van der Waals surface area contributed by atoms with E-state index >= 15 is 0 Å². The molecule has 0 aromatic carbocycles. The van der Waals surface area contributed by atoms with Crippen molar-refractivity contribution >= 4 is 5.78 Å². The molecule has 0 aliphatic heterocycles. The van der Waals surface area contributed by atoms with E-state index in [-0.39, 0.29) is 0 Å². The monoisotopic (exact) mass is 234 g/mol. The van der Waals surface area contributed by atoms with Gasteiger partial charge in [0, 0.05) is 12.3 Å². The summed E-state index contributed by atoms with van der Waals surface area (Å²) in [5, 5.41) is 0. The molecule has 0 spiro atoms. The Balaban J connectivity index is 2.47. The molecule has 1 aliphatic rings. The predicted molar refractivity (Wildman–Crippen MR) is 74.0 cm³/mol. The zero-order chi connectivity index (χ0) is 12.3. The summed E-state index contributed by atoms with van der Waals surface area (Å²) in [4.78, 5) is 12.0. The molecule has 1 atom stereocenters. The lowest BCUT2D eigenvalue weighted by molar-refractivity contribution is -0.123. The molecule has 0 amide bonds. The summed E-state index contributed by atoms with van der Waals surface area (Å²) >= 11 is 0. The van der Waals surface area contributed by atoms with Crippen LogP contribution in [-0.2, 0) is 4.79 Å². The molecule has 17 heavy (non-hydrogen) atoms. The van der Waals surface area contributed by atoms with Gasteiger partial charge in [0.2, 0.25) is 0 Å². The fraction of sp³-hybridized carbons (Fsp3) is 0.688. The van der Waals surface area contributed by atoms with E-state index in [2.05, 4.69) is 31.2 Å². The summed E-state index contributed by atoms with van der Waals surface area (Å²) in [5.74, 6) is 0.800. The first-order chi connectivity index (χ1) is 8.34. The van der Waals surface area contributed by atoms with Crippen molar-refractivity contribution in [2.24, 2.45) is 5.92 Å². The molecule has 0 saturated heterocycles. The lowest BCUT2D eigenvalue weighted by Crippen LogP contribution is -2.14. The summed E-state index contributed by atoms with van der Waals surface area (Å²) in [6.07, 6.45) is 18.6. The van der Waals surface area contributed by atoms with E-state index in [1.807, 2.05) is 0 Å². The van der Waals surface area contributed by atoms with E-state index in [1.54, 1.807) is 0 Å². The molecule has 0 bridgehead atoms. The van der Waals surface area contributed by atoms with Crippen LogP contribution in [0.2, 0.25) is 0 Å². The highest BCUT2D eigenvalue weighted by molar-refractivity contribution is 5.80. The van der Waals surface area contributed by atoms with Crippen LogP contribution in [0.15, 0.2) is 24.3 Å². The maximum Gasteiger partial charge on any atom is 0.135 e. The Bertz CT molecular complexity index is 263. The van der Waals surface area contributed by atoms with Gasteiger partial charge in [-0.2, -0.15) is 0 Å². The third kappa shape index (κ3) is 6.45. The number of carbonyl (C=O) groups is 1. The van der Waals surface area contributed by atoms with Crippen LogP contribution in [0, 0.1) is 5.92 Å². The average molecular weight is 234 g/mol. The standard InChI is InChI=1S/C16H26O/c1-2-12-16(17)15-13-10-8-6-4-3-5-7-9-11-14-15/h4,6-7,9,15H,2-3,5,8,10-14H2,1H3. The van der Waals surface area contributed by atoms with Crippen LogP contribution < -0.4 is 0 Å². The summed E-state index contributed by atoms with van der Waals surface area (Å²) < 4.78 is 0. The second-order valence-electron chi connectivity index (χ2n) is 4.94. The molecule has 0 N–H and O–H groups in total. The number of hydrogen-bond acceptors (Lipinski definition) is 1. The van der Waals surface area contributed by atoms with Crippen molar-refractivity contribution in [2.75, 3.05) is 0 Å². The maximum atomic E-state index is 12.0. The summed E-state index contributed by atoms with van der Waals surface area (Å²) in [6, 6.07) is 0. The van der Waals surface area contributed by atoms with Crippen molar-refractivity contribution in [3.8, 4) is 0 Å². The van der Waals surface area contributed by atoms with E-state index < -0.39 is 0 Å². The van der Waals surface area contributed by atoms with E-state index in [9.17, 15) is 4.79 Å². The third-order valence-corrected chi connectivity index (χ3v) is 3.39. The van der Waals surface area contributed by atoms with Crippen molar-refractivity contribution in [1.29, 1.82) is 0 Å². The Morgan fingerprint density at radius 3 is 2.35 bits per heavy atom. The average Bonchev–Trinajstić information content (AvgIpc) is 2.30. The van der Waals surface area contributed by atoms with E-state index in [1.165, 1.54) is 6.42 Å². The predicted octanol–water partition coefficient (Wildman–Crippen LogP) is 4.83. The van der Waals surface area contributed by atoms with Gasteiger partial charge in [-0.1, -0.05) is 31.2 Å². The zero-order valence-corrected chi connectivity index (χ0v) is 11.2. The van der Waals surface area contributed by atoms with Gasteiger partial charge in [0.25, 0.3) is 0 Å². The molecule has 0 radical (unpaired) electrons. The highest BCUT2D eigenvalue weighted by atomic mass is 16.1. The molecule has 96 valence electrons. The molecule has 1 aliphatic carbocycles. The van der Waals surface area contributed by atoms with Crippen molar-refractivity contribution in [3.05, 3.63) is 24.3 Å². The molecule has 0 saturated carbocycles. The van der Waals surface area contributed by atoms with Gasteiger partial charge >= 0.3 is 0 Å². The third-order valence-electron chi connectivity index (χ3n) is 3.39. The smallest absolute Gasteiger partial charge is 0.135 e. The van der Waals surface area contributed by atoms with Crippen LogP contribution in [-0.4, -0.2) is 5.78 Å². The maximum absolute atomic E-state index is 12.0. The van der Waals surface area contributed by atoms with E-state index in [0.717, 1.165) is 51.4 Å². The van der Waals surface area contributed by atoms with Gasteiger partial charge in [-0.15, -0.1) is 0 Å². The quantitative estimate of drug-likeness (QED) is 0.639. The molecule has 1 unspecified atom stereocenters. The first-order valence-electron chi connectivity index (χ1n) is 7.17. The van der Waals surface area contributed by atoms with Gasteiger partial charge in [0.05, 0.1) is 0 Å². The number of ketones is 1. The first kappa shape index (κ1) is 14.2. The van der Waals surface area contributed by atoms with Gasteiger partial charge in [-0.25, -0.2) is 0 Å². The molecule has 1 nitrogen and oxygen atoms in total. The first-order valence-corrected chi connectivity index (χ1v) is 7.17. The van der Waals surface area contributed by atoms with Crippen LogP contribution in [0.3, 0.4) is 0 Å². The summed E-state index contributed by atoms with van der Waals surface area (Å²) in [7, 11) is 0. The Morgan fingerprint density at radius 1 is 1.00 bits per heavy atom. The molecule has 0 fully saturated rings. The van der Waals surface area contributed by atoms with E-state index in [0.29, 0.717) is 11.7 Å². The minimum Gasteiger partial charge on any atom is -0.299 e. The SMILES string of the molecule is CCCC(=O)C1CCC=CCCC=CCCC1. The summed E-state index contributed by atoms with van der Waals surface area (Å²) in [5.41, 5.74) is 0. The Morgan fingerprint density at radius 2 is 1.65 bits per heavy atom. The molecule has 1 rings (SSSR count). The number of carbonyl (C=O) groups excluding carboxylic acids is 1. The van der Waals surface area contributed by atoms with Gasteiger partial charge < -0.3 is 0 Å². The van der Waals surface area contributed by atoms with Crippen molar-refractivity contribution in [2.45, 2.75) is 64.7 Å². The van der Waals surface area contributed by atoms with Crippen molar-refractivity contribution in [3.63, 3.8) is 0 Å². The molecule has 0 aromatic rings. The number of rotatable bonds is 3. The van der Waals surface area contributed by atoms with Crippen LogP contribution in [0.25, 0.3) is 0 Å². The molecule has 0 aromatic heterocycles. The number of allylic oxidation sites excluding steroid dienone is 4. The fourth-order valence-corrected chi connectivity index (χ4v) is 2.36. The molecule has 1 heteroatoms. The van der Waals surface area contributed by atoms with E-state index in [4.69, 9.17) is 0 Å². The Hall–Kier alpha value is -0.850. The van der Waals surface area contributed by atoms with Gasteiger partial charge in [-0.05, 0) is 51.4 Å². The lowest BCUT2D eigenvalue weighted by Gasteiger charge is -2.14. The number of hydrogen-bond donors (Lipinski definition) is 0. The minimum atomic E-state index is 0.312. The Labute approximate surface area is 106 Å². The van der Waals surface area contributed by atoms with Crippen molar-refractivity contribution in [1.82, 2.24) is 0 Å². The van der Waals surface area contributed by atoms with Crippen LogP contribution >= 0.6 is 0 Å². The lowest BCUT2D eigenvalue weighted by atomic mass is 9.90. The van der Waals surface area contributed by atoms with Gasteiger partial charge in [0.1, 0.15) is 5.78 Å². The molecule has 0 heterocycles. The van der Waals surface area contributed by atoms with Crippen LogP contribution in [0.4, 0.5) is 0 Å². The van der Waals surface area contributed by atoms with Crippen LogP contribution in [0.1, 0.15) is 64.7 Å². The Kier molecular flexibility index (Phi) is 7.70. The second-order valence-corrected chi connectivity index (χ2v) is 4.94. The number of Topliss-reactive ketones (excluding diaryl/α,β-unsaturated/α-hetero) is 1. The minimum absolute atomic E-state index is 0.312. The van der Waals surface area contributed by atoms with Gasteiger partial charge in [-0.3, -0.25) is 4.79 Å². The summed E-state index contributed by atoms with van der Waals surface area (Å²) in [6.45, 7) is 2.09.